The zero-order chi connectivity index (χ0) is 12.4. The van der Waals surface area contributed by atoms with E-state index in [0.29, 0.717) is 12.1 Å². The Labute approximate surface area is 115 Å². The van der Waals surface area contributed by atoms with E-state index in [4.69, 9.17) is 5.73 Å². The van der Waals surface area contributed by atoms with Crippen molar-refractivity contribution in [3.05, 3.63) is 28.2 Å². The van der Waals surface area contributed by atoms with Crippen molar-refractivity contribution >= 4 is 34.5 Å². The van der Waals surface area contributed by atoms with Crippen LogP contribution in [0.15, 0.2) is 27.6 Å². The third-order valence-corrected chi connectivity index (χ3v) is 3.90. The molecule has 1 amide bonds. The van der Waals surface area contributed by atoms with E-state index < -0.39 is 0 Å². The largest absolute Gasteiger partial charge is 0.337 e. The van der Waals surface area contributed by atoms with Crippen molar-refractivity contribution < 1.29 is 4.79 Å². The van der Waals surface area contributed by atoms with E-state index in [9.17, 15) is 4.79 Å². The van der Waals surface area contributed by atoms with Crippen LogP contribution >= 0.6 is 28.6 Å². The van der Waals surface area contributed by atoms with Gasteiger partial charge in [-0.05, 0) is 47.0 Å². The third-order valence-electron chi connectivity index (χ3n) is 2.93. The number of nitrogens with zero attached hydrogens (tertiary/aromatic N) is 1. The van der Waals surface area contributed by atoms with E-state index in [1.54, 1.807) is 6.07 Å². The van der Waals surface area contributed by atoms with Crippen molar-refractivity contribution in [2.24, 2.45) is 5.73 Å². The monoisotopic (exact) mass is 314 g/mol. The Morgan fingerprint density at radius 2 is 2.29 bits per heavy atom. The first-order valence-electron chi connectivity index (χ1n) is 5.61. The van der Waals surface area contributed by atoms with Crippen LogP contribution in [-0.2, 0) is 0 Å². The molecular weight excluding hydrogens is 300 g/mol. The Kier molecular flexibility index (Phi) is 4.12. The van der Waals surface area contributed by atoms with Gasteiger partial charge in [-0.1, -0.05) is 0 Å². The maximum absolute atomic E-state index is 12.3. The number of halogens is 1. The first kappa shape index (κ1) is 12.9. The fourth-order valence-corrected chi connectivity index (χ4v) is 2.66. The van der Waals surface area contributed by atoms with Crippen LogP contribution in [0.1, 0.15) is 23.2 Å². The quantitative estimate of drug-likeness (QED) is 0.781. The molecule has 1 aromatic rings. The minimum absolute atomic E-state index is 0.0305. The zero-order valence-corrected chi connectivity index (χ0v) is 11.9. The molecule has 2 N–H and O–H groups in total. The van der Waals surface area contributed by atoms with Gasteiger partial charge in [0.25, 0.3) is 5.91 Å². The highest BCUT2D eigenvalue weighted by molar-refractivity contribution is 9.10. The highest BCUT2D eigenvalue weighted by Gasteiger charge is 2.23. The molecule has 1 saturated heterocycles. The number of carbonyl (C=O) groups excluding carboxylic acids is 1. The summed E-state index contributed by atoms with van der Waals surface area (Å²) in [4.78, 5) is 14.9. The molecule has 1 fully saturated rings. The van der Waals surface area contributed by atoms with Crippen LogP contribution < -0.4 is 5.73 Å². The Bertz CT molecular complexity index is 439. The molecule has 0 bridgehead atoms. The fourth-order valence-electron chi connectivity index (χ4n) is 2.04. The molecule has 1 aromatic carbocycles. The number of piperidine rings is 1. The standard InChI is InChI=1S/C12H15BrN2OS/c13-11-4-3-9(17)6-10(11)12(16)15-5-1-2-8(14)7-15/h3-4,6,8,17H,1-2,5,7,14H2. The number of nitrogens with two attached hydrogens (primary N) is 1. The first-order chi connectivity index (χ1) is 8.08. The number of hydrogen-bond donors (Lipinski definition) is 2. The second-order valence-corrected chi connectivity index (χ2v) is 5.69. The van der Waals surface area contributed by atoms with E-state index in [2.05, 4.69) is 28.6 Å². The molecular formula is C12H15BrN2OS. The van der Waals surface area contributed by atoms with Gasteiger partial charge in [0, 0.05) is 28.5 Å². The molecule has 1 atom stereocenters. The Balaban J connectivity index is 2.21. The molecule has 1 unspecified atom stereocenters. The van der Waals surface area contributed by atoms with Crippen molar-refractivity contribution in [2.45, 2.75) is 23.8 Å². The lowest BCUT2D eigenvalue weighted by Crippen LogP contribution is -2.45. The molecule has 17 heavy (non-hydrogen) atoms. The average molecular weight is 315 g/mol. The second kappa shape index (κ2) is 5.42. The van der Waals surface area contributed by atoms with Gasteiger partial charge in [0.1, 0.15) is 0 Å². The Morgan fingerprint density at radius 1 is 1.53 bits per heavy atom. The number of benzene rings is 1. The number of hydrogen-bond acceptors (Lipinski definition) is 3. The number of likely N-dealkylation sites (tertiary alicyclic amines) is 1. The Morgan fingerprint density at radius 3 is 3.00 bits per heavy atom. The van der Waals surface area contributed by atoms with Gasteiger partial charge in [-0.15, -0.1) is 12.6 Å². The van der Waals surface area contributed by atoms with Crippen LogP contribution in [-0.4, -0.2) is 29.9 Å². The van der Waals surface area contributed by atoms with E-state index in [0.717, 1.165) is 28.8 Å². The maximum atomic E-state index is 12.3. The normalized spacial score (nSPS) is 20.4. The smallest absolute Gasteiger partial charge is 0.255 e. The van der Waals surface area contributed by atoms with Crippen molar-refractivity contribution in [1.29, 1.82) is 0 Å². The van der Waals surface area contributed by atoms with Crippen LogP contribution in [0.2, 0.25) is 0 Å². The van der Waals surface area contributed by atoms with Crippen molar-refractivity contribution in [3.8, 4) is 0 Å². The minimum Gasteiger partial charge on any atom is -0.337 e. The lowest BCUT2D eigenvalue weighted by atomic mass is 10.1. The molecule has 1 heterocycles. The molecule has 92 valence electrons. The lowest BCUT2D eigenvalue weighted by Gasteiger charge is -2.31. The predicted octanol–water partition coefficient (Wildman–Crippen LogP) is 2.30. The highest BCUT2D eigenvalue weighted by atomic mass is 79.9. The molecule has 0 saturated carbocycles. The molecule has 0 aliphatic carbocycles. The minimum atomic E-state index is 0.0305. The molecule has 5 heteroatoms. The summed E-state index contributed by atoms with van der Waals surface area (Å²) >= 11 is 7.66. The summed E-state index contributed by atoms with van der Waals surface area (Å²) in [5.41, 5.74) is 6.55. The zero-order valence-electron chi connectivity index (χ0n) is 9.40. The van der Waals surface area contributed by atoms with Gasteiger partial charge in [-0.2, -0.15) is 0 Å². The van der Waals surface area contributed by atoms with Gasteiger partial charge >= 0.3 is 0 Å². The second-order valence-electron chi connectivity index (χ2n) is 4.32. The molecule has 0 spiro atoms. The number of amides is 1. The van der Waals surface area contributed by atoms with Crippen LogP contribution in [0, 0.1) is 0 Å². The summed E-state index contributed by atoms with van der Waals surface area (Å²) < 4.78 is 0.805. The van der Waals surface area contributed by atoms with Gasteiger partial charge in [0.15, 0.2) is 0 Å². The topological polar surface area (TPSA) is 46.3 Å². The summed E-state index contributed by atoms with van der Waals surface area (Å²) in [5.74, 6) is 0.0305. The van der Waals surface area contributed by atoms with E-state index in [1.165, 1.54) is 0 Å². The van der Waals surface area contributed by atoms with Crippen LogP contribution in [0.4, 0.5) is 0 Å². The van der Waals surface area contributed by atoms with Gasteiger partial charge in [0.05, 0.1) is 5.56 Å². The van der Waals surface area contributed by atoms with E-state index in [1.807, 2.05) is 17.0 Å². The van der Waals surface area contributed by atoms with Crippen LogP contribution in [0.3, 0.4) is 0 Å². The van der Waals surface area contributed by atoms with Crippen LogP contribution in [0.5, 0.6) is 0 Å². The van der Waals surface area contributed by atoms with Crippen molar-refractivity contribution in [1.82, 2.24) is 4.90 Å². The Hall–Kier alpha value is -0.520. The van der Waals surface area contributed by atoms with E-state index in [-0.39, 0.29) is 11.9 Å². The van der Waals surface area contributed by atoms with Crippen LogP contribution in [0.25, 0.3) is 0 Å². The molecule has 0 aromatic heterocycles. The lowest BCUT2D eigenvalue weighted by molar-refractivity contribution is 0.0707. The van der Waals surface area contributed by atoms with Crippen molar-refractivity contribution in [3.63, 3.8) is 0 Å². The summed E-state index contributed by atoms with van der Waals surface area (Å²) in [5, 5.41) is 0. The summed E-state index contributed by atoms with van der Waals surface area (Å²) in [6.07, 6.45) is 1.97. The highest BCUT2D eigenvalue weighted by Crippen LogP contribution is 2.23. The molecule has 0 radical (unpaired) electrons. The van der Waals surface area contributed by atoms with Crippen molar-refractivity contribution in [2.75, 3.05) is 13.1 Å². The number of thiol groups is 1. The number of rotatable bonds is 1. The van der Waals surface area contributed by atoms with Gasteiger partial charge < -0.3 is 10.6 Å². The summed E-state index contributed by atoms with van der Waals surface area (Å²) in [6.45, 7) is 1.43. The molecule has 3 nitrogen and oxygen atoms in total. The predicted molar refractivity (Wildman–Crippen MR) is 74.5 cm³/mol. The summed E-state index contributed by atoms with van der Waals surface area (Å²) in [7, 11) is 0. The number of carbonyl (C=O) groups is 1. The fraction of sp³-hybridized carbons (Fsp3) is 0.417. The van der Waals surface area contributed by atoms with E-state index >= 15 is 0 Å². The average Bonchev–Trinajstić information content (AvgIpc) is 2.31. The molecule has 2 rings (SSSR count). The third kappa shape index (κ3) is 3.03. The SMILES string of the molecule is NC1CCCN(C(=O)c2cc(S)ccc2Br)C1. The maximum Gasteiger partial charge on any atom is 0.255 e. The molecule has 1 aliphatic rings. The van der Waals surface area contributed by atoms with Gasteiger partial charge in [-0.3, -0.25) is 4.79 Å². The first-order valence-corrected chi connectivity index (χ1v) is 6.85. The molecule has 1 aliphatic heterocycles. The van der Waals surface area contributed by atoms with Gasteiger partial charge in [-0.25, -0.2) is 0 Å². The summed E-state index contributed by atoms with van der Waals surface area (Å²) in [6, 6.07) is 5.59. The van der Waals surface area contributed by atoms with Gasteiger partial charge in [0.2, 0.25) is 0 Å².